The highest BCUT2D eigenvalue weighted by Crippen LogP contribution is 2.25. The van der Waals surface area contributed by atoms with E-state index in [1.54, 1.807) is 0 Å². The van der Waals surface area contributed by atoms with Gasteiger partial charge in [0.25, 0.3) is 0 Å². The molecule has 5 heteroatoms. The Morgan fingerprint density at radius 1 is 1.61 bits per heavy atom. The van der Waals surface area contributed by atoms with Gasteiger partial charge in [0.1, 0.15) is 17.5 Å². The number of halogens is 1. The highest BCUT2D eigenvalue weighted by Gasteiger charge is 2.18. The standard InChI is InChI=1S/C13H15FN2O2/c1-3-4-9(8-15)13(17)16-11-6-5-10(14)7-12(11)18-2/h5-7,9H,3-4H2,1-2H3,(H,16,17). The molecular formula is C13H15FN2O2. The van der Waals surface area contributed by atoms with Crippen LogP contribution in [0, 0.1) is 23.1 Å². The van der Waals surface area contributed by atoms with E-state index in [1.165, 1.54) is 25.3 Å². The van der Waals surface area contributed by atoms with E-state index in [0.29, 0.717) is 12.1 Å². The zero-order valence-corrected chi connectivity index (χ0v) is 10.4. The van der Waals surface area contributed by atoms with Crippen LogP contribution in [0.4, 0.5) is 10.1 Å². The second kappa shape index (κ2) is 6.60. The van der Waals surface area contributed by atoms with Crippen molar-refractivity contribution in [2.45, 2.75) is 19.8 Å². The quantitative estimate of drug-likeness (QED) is 0.873. The van der Waals surface area contributed by atoms with Crippen molar-refractivity contribution in [2.75, 3.05) is 12.4 Å². The summed E-state index contributed by atoms with van der Waals surface area (Å²) >= 11 is 0. The second-order valence-electron chi connectivity index (χ2n) is 3.80. The van der Waals surface area contributed by atoms with E-state index < -0.39 is 17.6 Å². The zero-order valence-electron chi connectivity index (χ0n) is 10.4. The maximum atomic E-state index is 13.0. The summed E-state index contributed by atoms with van der Waals surface area (Å²) in [6, 6.07) is 5.75. The molecule has 0 saturated heterocycles. The number of ether oxygens (including phenoxy) is 1. The molecule has 1 N–H and O–H groups in total. The average molecular weight is 250 g/mol. The van der Waals surface area contributed by atoms with Crippen LogP contribution in [0.2, 0.25) is 0 Å². The fourth-order valence-electron chi connectivity index (χ4n) is 1.53. The Labute approximate surface area is 105 Å². The first kappa shape index (κ1) is 14.0. The number of nitrogens with zero attached hydrogens (tertiary/aromatic N) is 1. The molecule has 0 saturated carbocycles. The highest BCUT2D eigenvalue weighted by atomic mass is 19.1. The van der Waals surface area contributed by atoms with E-state index in [0.717, 1.165) is 6.42 Å². The fourth-order valence-corrected chi connectivity index (χ4v) is 1.53. The molecule has 1 unspecified atom stereocenters. The maximum absolute atomic E-state index is 13.0. The molecule has 0 aromatic heterocycles. The number of carbonyl (C=O) groups excluding carboxylic acids is 1. The molecule has 1 aromatic carbocycles. The molecule has 1 amide bonds. The number of methoxy groups -OCH3 is 1. The van der Waals surface area contributed by atoms with Crippen LogP contribution >= 0.6 is 0 Å². The Kier molecular flexibility index (Phi) is 5.12. The van der Waals surface area contributed by atoms with E-state index in [4.69, 9.17) is 10.00 Å². The number of anilines is 1. The van der Waals surface area contributed by atoms with Crippen LogP contribution in [0.25, 0.3) is 0 Å². The topological polar surface area (TPSA) is 62.1 Å². The summed E-state index contributed by atoms with van der Waals surface area (Å²) in [6.45, 7) is 1.90. The summed E-state index contributed by atoms with van der Waals surface area (Å²) in [6.07, 6.45) is 1.23. The normalized spacial score (nSPS) is 11.4. The molecule has 0 heterocycles. The predicted octanol–water partition coefficient (Wildman–Crippen LogP) is 2.71. The number of amides is 1. The average Bonchev–Trinajstić information content (AvgIpc) is 2.37. The highest BCUT2D eigenvalue weighted by molar-refractivity contribution is 5.95. The third-order valence-corrected chi connectivity index (χ3v) is 2.47. The van der Waals surface area contributed by atoms with Crippen LogP contribution in [0.3, 0.4) is 0 Å². The van der Waals surface area contributed by atoms with E-state index in [1.807, 2.05) is 13.0 Å². The fraction of sp³-hybridized carbons (Fsp3) is 0.385. The van der Waals surface area contributed by atoms with Crippen molar-refractivity contribution < 1.29 is 13.9 Å². The Morgan fingerprint density at radius 2 is 2.33 bits per heavy atom. The van der Waals surface area contributed by atoms with Crippen LogP contribution in [0.15, 0.2) is 18.2 Å². The second-order valence-corrected chi connectivity index (χ2v) is 3.80. The van der Waals surface area contributed by atoms with Crippen molar-refractivity contribution in [3.63, 3.8) is 0 Å². The number of benzene rings is 1. The summed E-state index contributed by atoms with van der Waals surface area (Å²) in [4.78, 5) is 11.8. The minimum Gasteiger partial charge on any atom is -0.494 e. The van der Waals surface area contributed by atoms with Crippen LogP contribution in [-0.4, -0.2) is 13.0 Å². The largest absolute Gasteiger partial charge is 0.494 e. The van der Waals surface area contributed by atoms with Gasteiger partial charge >= 0.3 is 0 Å². The number of hydrogen-bond acceptors (Lipinski definition) is 3. The van der Waals surface area contributed by atoms with Gasteiger partial charge in [0.2, 0.25) is 5.91 Å². The van der Waals surface area contributed by atoms with Crippen LogP contribution < -0.4 is 10.1 Å². The molecule has 0 aliphatic heterocycles. The van der Waals surface area contributed by atoms with E-state index in [9.17, 15) is 9.18 Å². The predicted molar refractivity (Wildman–Crippen MR) is 65.6 cm³/mol. The van der Waals surface area contributed by atoms with Gasteiger partial charge in [-0.2, -0.15) is 5.26 Å². The van der Waals surface area contributed by atoms with Gasteiger partial charge in [-0.25, -0.2) is 4.39 Å². The smallest absolute Gasteiger partial charge is 0.241 e. The van der Waals surface area contributed by atoms with Gasteiger partial charge in [0.05, 0.1) is 18.9 Å². The number of carbonyl (C=O) groups is 1. The van der Waals surface area contributed by atoms with Crippen LogP contribution in [0.5, 0.6) is 5.75 Å². The van der Waals surface area contributed by atoms with Gasteiger partial charge in [-0.3, -0.25) is 4.79 Å². The lowest BCUT2D eigenvalue weighted by molar-refractivity contribution is -0.118. The van der Waals surface area contributed by atoms with Gasteiger partial charge in [0.15, 0.2) is 0 Å². The molecule has 0 spiro atoms. The number of nitriles is 1. The molecule has 0 fully saturated rings. The summed E-state index contributed by atoms with van der Waals surface area (Å²) in [7, 11) is 1.39. The van der Waals surface area contributed by atoms with Crippen molar-refractivity contribution >= 4 is 11.6 Å². The van der Waals surface area contributed by atoms with Crippen LogP contribution in [0.1, 0.15) is 19.8 Å². The summed E-state index contributed by atoms with van der Waals surface area (Å²) < 4.78 is 17.9. The van der Waals surface area contributed by atoms with Gasteiger partial charge in [-0.1, -0.05) is 13.3 Å². The molecule has 0 aliphatic rings. The first-order chi connectivity index (χ1) is 8.62. The molecular weight excluding hydrogens is 235 g/mol. The molecule has 0 aliphatic carbocycles. The minimum atomic E-state index is -0.704. The summed E-state index contributed by atoms with van der Waals surface area (Å²) in [5, 5.41) is 11.4. The van der Waals surface area contributed by atoms with E-state index >= 15 is 0 Å². The minimum absolute atomic E-state index is 0.233. The lowest BCUT2D eigenvalue weighted by Gasteiger charge is -2.12. The molecule has 1 aromatic rings. The third kappa shape index (κ3) is 3.45. The van der Waals surface area contributed by atoms with Crippen molar-refractivity contribution in [1.82, 2.24) is 0 Å². The lowest BCUT2D eigenvalue weighted by atomic mass is 10.0. The molecule has 18 heavy (non-hydrogen) atoms. The molecule has 1 rings (SSSR count). The zero-order chi connectivity index (χ0) is 13.5. The van der Waals surface area contributed by atoms with Gasteiger partial charge < -0.3 is 10.1 Å². The third-order valence-electron chi connectivity index (χ3n) is 2.47. The number of hydrogen-bond donors (Lipinski definition) is 1. The molecule has 96 valence electrons. The Hall–Kier alpha value is -2.09. The Morgan fingerprint density at radius 3 is 2.89 bits per heavy atom. The van der Waals surface area contributed by atoms with E-state index in [-0.39, 0.29) is 5.75 Å². The number of rotatable bonds is 5. The van der Waals surface area contributed by atoms with Crippen LogP contribution in [-0.2, 0) is 4.79 Å². The molecule has 0 radical (unpaired) electrons. The Bertz CT molecular complexity index is 469. The first-order valence-corrected chi connectivity index (χ1v) is 5.66. The van der Waals surface area contributed by atoms with Gasteiger partial charge in [-0.15, -0.1) is 0 Å². The maximum Gasteiger partial charge on any atom is 0.241 e. The molecule has 1 atom stereocenters. The summed E-state index contributed by atoms with van der Waals surface area (Å²) in [5.74, 6) is -1.32. The number of nitrogens with one attached hydrogen (secondary N) is 1. The van der Waals surface area contributed by atoms with Crippen molar-refractivity contribution in [1.29, 1.82) is 5.26 Å². The van der Waals surface area contributed by atoms with Crippen molar-refractivity contribution in [3.05, 3.63) is 24.0 Å². The summed E-state index contributed by atoms with van der Waals surface area (Å²) in [5.41, 5.74) is 0.361. The van der Waals surface area contributed by atoms with Crippen molar-refractivity contribution in [3.8, 4) is 11.8 Å². The first-order valence-electron chi connectivity index (χ1n) is 5.66. The van der Waals surface area contributed by atoms with Gasteiger partial charge in [0, 0.05) is 6.07 Å². The SMILES string of the molecule is CCCC(C#N)C(=O)Nc1ccc(F)cc1OC. The van der Waals surface area contributed by atoms with Crippen molar-refractivity contribution in [2.24, 2.45) is 5.92 Å². The lowest BCUT2D eigenvalue weighted by Crippen LogP contribution is -2.21. The monoisotopic (exact) mass is 250 g/mol. The van der Waals surface area contributed by atoms with E-state index in [2.05, 4.69) is 5.32 Å². The van der Waals surface area contributed by atoms with Gasteiger partial charge in [-0.05, 0) is 18.6 Å². The Balaban J connectivity index is 2.84. The molecule has 0 bridgehead atoms. The molecule has 4 nitrogen and oxygen atoms in total.